The van der Waals surface area contributed by atoms with E-state index in [0.29, 0.717) is 5.02 Å². The molecular weight excluding hydrogens is 388 g/mol. The molecule has 0 aromatic heterocycles. The van der Waals surface area contributed by atoms with Gasteiger partial charge in [0.15, 0.2) is 0 Å². The third-order valence-electron chi connectivity index (χ3n) is 5.03. The smallest absolute Gasteiger partial charge is 0.228 e. The maximum absolute atomic E-state index is 11.6. The molecule has 0 aliphatic carbocycles. The highest BCUT2D eigenvalue weighted by Crippen LogP contribution is 2.42. The summed E-state index contributed by atoms with van der Waals surface area (Å²) in [6, 6.07) is 22.4. The van der Waals surface area contributed by atoms with Crippen molar-refractivity contribution in [2.45, 2.75) is 6.04 Å². The second-order valence-corrected chi connectivity index (χ2v) is 7.20. The molecule has 29 heavy (non-hydrogen) atoms. The molecule has 1 aliphatic heterocycles. The van der Waals surface area contributed by atoms with Crippen LogP contribution in [0.3, 0.4) is 0 Å². The van der Waals surface area contributed by atoms with E-state index in [0.717, 1.165) is 33.8 Å². The molecule has 0 saturated heterocycles. The largest absolute Gasteiger partial charge is 0.497 e. The van der Waals surface area contributed by atoms with Crippen LogP contribution in [-0.2, 0) is 0 Å². The number of ether oxygens (including phenoxy) is 1. The standard InChI is InChI=1S/C23H19ClN2O3/c1-29-20-12-6-16(7-13-20)22-14-17-4-2-3-5-21(17)23(15-25(27)28)26(22)19-10-8-18(24)9-11-19/h2-14,23H,15H2,1H3. The van der Waals surface area contributed by atoms with Crippen LogP contribution in [0.4, 0.5) is 5.69 Å². The summed E-state index contributed by atoms with van der Waals surface area (Å²) < 4.78 is 5.27. The average Bonchev–Trinajstić information content (AvgIpc) is 2.74. The van der Waals surface area contributed by atoms with Crippen LogP contribution in [0.25, 0.3) is 11.8 Å². The van der Waals surface area contributed by atoms with Gasteiger partial charge in [-0.2, -0.15) is 0 Å². The summed E-state index contributed by atoms with van der Waals surface area (Å²) >= 11 is 6.08. The predicted molar refractivity (Wildman–Crippen MR) is 116 cm³/mol. The molecule has 3 aromatic rings. The van der Waals surface area contributed by atoms with Crippen LogP contribution in [0.1, 0.15) is 22.7 Å². The van der Waals surface area contributed by atoms with Crippen molar-refractivity contribution in [2.75, 3.05) is 18.6 Å². The molecular formula is C23H19ClN2O3. The first-order valence-corrected chi connectivity index (χ1v) is 9.56. The Labute approximate surface area is 174 Å². The molecule has 0 bridgehead atoms. The van der Waals surface area contributed by atoms with E-state index in [1.807, 2.05) is 65.6 Å². The van der Waals surface area contributed by atoms with Gasteiger partial charge in [0.1, 0.15) is 11.8 Å². The first-order valence-electron chi connectivity index (χ1n) is 9.18. The maximum atomic E-state index is 11.6. The molecule has 3 aromatic carbocycles. The first kappa shape index (κ1) is 19.0. The molecule has 0 amide bonds. The maximum Gasteiger partial charge on any atom is 0.228 e. The number of anilines is 1. The number of hydrogen-bond donors (Lipinski definition) is 0. The minimum atomic E-state index is -0.440. The third kappa shape index (κ3) is 3.82. The van der Waals surface area contributed by atoms with Gasteiger partial charge in [0, 0.05) is 21.3 Å². The molecule has 0 saturated carbocycles. The molecule has 146 valence electrons. The van der Waals surface area contributed by atoms with Crippen molar-refractivity contribution in [2.24, 2.45) is 0 Å². The zero-order valence-electron chi connectivity index (χ0n) is 15.8. The summed E-state index contributed by atoms with van der Waals surface area (Å²) in [4.78, 5) is 13.3. The van der Waals surface area contributed by atoms with Crippen molar-refractivity contribution in [3.05, 3.63) is 105 Å². The number of hydrogen-bond acceptors (Lipinski definition) is 4. The number of fused-ring (bicyclic) bond motifs is 1. The van der Waals surface area contributed by atoms with E-state index in [1.54, 1.807) is 19.2 Å². The summed E-state index contributed by atoms with van der Waals surface area (Å²) in [6.07, 6.45) is 2.07. The normalized spacial score (nSPS) is 15.4. The van der Waals surface area contributed by atoms with Crippen molar-refractivity contribution < 1.29 is 9.66 Å². The van der Waals surface area contributed by atoms with E-state index in [-0.39, 0.29) is 11.5 Å². The fraction of sp³-hybridized carbons (Fsp3) is 0.130. The Morgan fingerprint density at radius 1 is 1.03 bits per heavy atom. The molecule has 1 unspecified atom stereocenters. The first-order chi connectivity index (χ1) is 14.1. The number of rotatable bonds is 5. The van der Waals surface area contributed by atoms with Crippen LogP contribution >= 0.6 is 11.6 Å². The van der Waals surface area contributed by atoms with E-state index in [1.165, 1.54) is 0 Å². The molecule has 1 atom stereocenters. The highest BCUT2D eigenvalue weighted by Gasteiger charge is 2.33. The molecule has 1 heterocycles. The molecule has 0 N–H and O–H groups in total. The number of nitro groups is 1. The van der Waals surface area contributed by atoms with Gasteiger partial charge in [-0.25, -0.2) is 0 Å². The van der Waals surface area contributed by atoms with Crippen LogP contribution < -0.4 is 9.64 Å². The molecule has 0 spiro atoms. The average molecular weight is 407 g/mol. The summed E-state index contributed by atoms with van der Waals surface area (Å²) in [5, 5.41) is 12.2. The highest BCUT2D eigenvalue weighted by molar-refractivity contribution is 6.30. The zero-order chi connectivity index (χ0) is 20.4. The van der Waals surface area contributed by atoms with Gasteiger partial charge < -0.3 is 9.64 Å². The van der Waals surface area contributed by atoms with E-state index in [9.17, 15) is 10.1 Å². The van der Waals surface area contributed by atoms with Crippen LogP contribution in [0.5, 0.6) is 5.75 Å². The fourth-order valence-corrected chi connectivity index (χ4v) is 3.82. The molecule has 1 aliphatic rings. The Hall–Kier alpha value is -3.31. The van der Waals surface area contributed by atoms with Gasteiger partial charge >= 0.3 is 0 Å². The quantitative estimate of drug-likeness (QED) is 0.403. The van der Waals surface area contributed by atoms with Crippen LogP contribution in [0.15, 0.2) is 72.8 Å². The topological polar surface area (TPSA) is 55.6 Å². The van der Waals surface area contributed by atoms with E-state index < -0.39 is 6.04 Å². The van der Waals surface area contributed by atoms with Crippen molar-refractivity contribution >= 4 is 29.1 Å². The van der Waals surface area contributed by atoms with Gasteiger partial charge in [0.25, 0.3) is 0 Å². The lowest BCUT2D eigenvalue weighted by Gasteiger charge is -2.38. The predicted octanol–water partition coefficient (Wildman–Crippen LogP) is 5.68. The fourth-order valence-electron chi connectivity index (χ4n) is 3.70. The molecule has 4 rings (SSSR count). The van der Waals surface area contributed by atoms with Crippen molar-refractivity contribution in [3.8, 4) is 5.75 Å². The SMILES string of the molecule is COc1ccc(C2=Cc3ccccc3C(C[N+](=O)[O-])N2c2ccc(Cl)cc2)cc1. The lowest BCUT2D eigenvalue weighted by atomic mass is 9.91. The summed E-state index contributed by atoms with van der Waals surface area (Å²) in [6.45, 7) is -0.215. The highest BCUT2D eigenvalue weighted by atomic mass is 35.5. The molecule has 6 heteroatoms. The number of halogens is 1. The van der Waals surface area contributed by atoms with Crippen molar-refractivity contribution in [3.63, 3.8) is 0 Å². The zero-order valence-corrected chi connectivity index (χ0v) is 16.5. The van der Waals surface area contributed by atoms with Crippen LogP contribution in [0.2, 0.25) is 5.02 Å². The number of methoxy groups -OCH3 is 1. The Balaban J connectivity index is 1.91. The summed E-state index contributed by atoms with van der Waals surface area (Å²) in [5.74, 6) is 0.755. The molecule has 5 nitrogen and oxygen atoms in total. The van der Waals surface area contributed by atoms with Gasteiger partial charge in [-0.1, -0.05) is 35.9 Å². The van der Waals surface area contributed by atoms with Crippen LogP contribution in [-0.4, -0.2) is 18.6 Å². The summed E-state index contributed by atoms with van der Waals surface area (Å²) in [7, 11) is 1.62. The van der Waals surface area contributed by atoms with Gasteiger partial charge in [0.05, 0.1) is 7.11 Å². The Bertz CT molecular complexity index is 1060. The Kier molecular flexibility index (Phi) is 5.23. The number of benzene rings is 3. The lowest BCUT2D eigenvalue weighted by molar-refractivity contribution is -0.483. The molecule has 0 radical (unpaired) electrons. The van der Waals surface area contributed by atoms with Gasteiger partial charge in [-0.05, 0) is 71.3 Å². The van der Waals surface area contributed by atoms with E-state index >= 15 is 0 Å². The minimum absolute atomic E-state index is 0.215. The van der Waals surface area contributed by atoms with Gasteiger partial charge in [-0.3, -0.25) is 10.1 Å². The van der Waals surface area contributed by atoms with E-state index in [2.05, 4.69) is 6.08 Å². The van der Waals surface area contributed by atoms with E-state index in [4.69, 9.17) is 16.3 Å². The lowest BCUT2D eigenvalue weighted by Crippen LogP contribution is -2.34. The minimum Gasteiger partial charge on any atom is -0.497 e. The second kappa shape index (κ2) is 7.97. The molecule has 0 fully saturated rings. The third-order valence-corrected chi connectivity index (χ3v) is 5.28. The second-order valence-electron chi connectivity index (χ2n) is 6.76. The number of nitrogens with zero attached hydrogens (tertiary/aromatic N) is 2. The van der Waals surface area contributed by atoms with Gasteiger partial charge in [-0.15, -0.1) is 0 Å². The Morgan fingerprint density at radius 3 is 2.38 bits per heavy atom. The monoisotopic (exact) mass is 406 g/mol. The van der Waals surface area contributed by atoms with Gasteiger partial charge in [0.2, 0.25) is 6.54 Å². The van der Waals surface area contributed by atoms with Crippen LogP contribution in [0, 0.1) is 10.1 Å². The summed E-state index contributed by atoms with van der Waals surface area (Å²) in [5.41, 5.74) is 4.59. The van der Waals surface area contributed by atoms with Crippen molar-refractivity contribution in [1.29, 1.82) is 0 Å². The Morgan fingerprint density at radius 2 is 1.72 bits per heavy atom. The van der Waals surface area contributed by atoms with Crippen molar-refractivity contribution in [1.82, 2.24) is 0 Å².